The van der Waals surface area contributed by atoms with Gasteiger partial charge >= 0.3 is 6.18 Å². The minimum atomic E-state index is -4.95. The van der Waals surface area contributed by atoms with Gasteiger partial charge in [0.25, 0.3) is 5.91 Å². The number of nitrogens with one attached hydrogen (secondary N) is 2. The maximum absolute atomic E-state index is 15.5. The summed E-state index contributed by atoms with van der Waals surface area (Å²) in [5, 5.41) is 2.51. The number of amides is 1. The SMILES string of the molecule is CC1CN(c2cc(F)c(-c3ccc(=O)n(C)c3)cc2NC(=O)c2c[nH]c(=O)cc2C(F)(F)F)CC(C)N1C. The Kier molecular flexibility index (Phi) is 7.20. The Bertz CT molecular complexity index is 1490. The molecule has 8 nitrogen and oxygen atoms in total. The molecule has 2 atom stereocenters. The van der Waals surface area contributed by atoms with Gasteiger partial charge in [-0.15, -0.1) is 0 Å². The molecule has 1 amide bonds. The number of hydrogen-bond acceptors (Lipinski definition) is 5. The van der Waals surface area contributed by atoms with Gasteiger partial charge in [0, 0.05) is 67.9 Å². The normalized spacial score (nSPS) is 18.5. The Hall–Kier alpha value is -3.93. The number of aromatic amines is 1. The van der Waals surface area contributed by atoms with E-state index in [1.807, 2.05) is 25.8 Å². The van der Waals surface area contributed by atoms with Gasteiger partial charge in [0.2, 0.25) is 11.1 Å². The number of hydrogen-bond donors (Lipinski definition) is 2. The number of carbonyl (C=O) groups excluding carboxylic acids is 1. The maximum atomic E-state index is 15.5. The maximum Gasteiger partial charge on any atom is 0.417 e. The summed E-state index contributed by atoms with van der Waals surface area (Å²) in [6.45, 7) is 4.95. The summed E-state index contributed by atoms with van der Waals surface area (Å²) in [6, 6.07) is 5.73. The van der Waals surface area contributed by atoms with E-state index in [9.17, 15) is 27.6 Å². The second kappa shape index (κ2) is 10.1. The van der Waals surface area contributed by atoms with E-state index >= 15 is 4.39 Å². The molecular weight excluding hydrogens is 506 g/mol. The van der Waals surface area contributed by atoms with Gasteiger partial charge in [0.1, 0.15) is 5.82 Å². The van der Waals surface area contributed by atoms with Gasteiger partial charge in [0.05, 0.1) is 22.5 Å². The van der Waals surface area contributed by atoms with E-state index in [-0.39, 0.29) is 28.9 Å². The average molecular weight is 534 g/mol. The molecule has 2 N–H and O–H groups in total. The number of carbonyl (C=O) groups is 1. The number of anilines is 2. The lowest BCUT2D eigenvalue weighted by atomic mass is 10.0. The van der Waals surface area contributed by atoms with Crippen molar-refractivity contribution in [2.75, 3.05) is 30.4 Å². The lowest BCUT2D eigenvalue weighted by Crippen LogP contribution is -2.55. The average Bonchev–Trinajstić information content (AvgIpc) is 2.84. The number of benzene rings is 1. The third-order valence-electron chi connectivity index (χ3n) is 6.91. The Balaban J connectivity index is 1.84. The molecule has 0 saturated carbocycles. The molecule has 0 spiro atoms. The van der Waals surface area contributed by atoms with Crippen LogP contribution in [0.5, 0.6) is 0 Å². The number of aryl methyl sites for hydroxylation is 1. The molecule has 1 saturated heterocycles. The van der Waals surface area contributed by atoms with Crippen LogP contribution in [0.25, 0.3) is 11.1 Å². The van der Waals surface area contributed by atoms with Crippen LogP contribution in [-0.2, 0) is 13.2 Å². The first-order chi connectivity index (χ1) is 17.8. The Morgan fingerprint density at radius 3 is 2.32 bits per heavy atom. The zero-order chi connectivity index (χ0) is 27.9. The van der Waals surface area contributed by atoms with Gasteiger partial charge in [-0.3, -0.25) is 19.3 Å². The van der Waals surface area contributed by atoms with Crippen LogP contribution < -0.4 is 21.3 Å². The highest BCUT2D eigenvalue weighted by atomic mass is 19.4. The van der Waals surface area contributed by atoms with Gasteiger partial charge in [-0.05, 0) is 39.1 Å². The molecule has 12 heteroatoms. The fourth-order valence-corrected chi connectivity index (χ4v) is 4.58. The molecule has 3 heterocycles. The van der Waals surface area contributed by atoms with Crippen molar-refractivity contribution in [3.05, 3.63) is 80.4 Å². The Morgan fingerprint density at radius 1 is 1.05 bits per heavy atom. The number of pyridine rings is 2. The molecule has 0 bridgehead atoms. The molecule has 1 fully saturated rings. The lowest BCUT2D eigenvalue weighted by Gasteiger charge is -2.44. The van der Waals surface area contributed by atoms with Crippen molar-refractivity contribution in [1.29, 1.82) is 0 Å². The molecule has 0 radical (unpaired) electrons. The molecule has 4 rings (SSSR count). The molecule has 38 heavy (non-hydrogen) atoms. The summed E-state index contributed by atoms with van der Waals surface area (Å²) in [4.78, 5) is 42.6. The summed E-state index contributed by atoms with van der Waals surface area (Å²) in [6.07, 6.45) is -2.82. The summed E-state index contributed by atoms with van der Waals surface area (Å²) in [7, 11) is 3.47. The van der Waals surface area contributed by atoms with E-state index in [2.05, 4.69) is 15.2 Å². The summed E-state index contributed by atoms with van der Waals surface area (Å²) in [5.74, 6) is -1.75. The third-order valence-corrected chi connectivity index (χ3v) is 6.91. The van der Waals surface area contributed by atoms with Gasteiger partial charge < -0.3 is 19.8 Å². The fourth-order valence-electron chi connectivity index (χ4n) is 4.58. The Labute approximate surface area is 215 Å². The number of H-pyrrole nitrogens is 1. The second-order valence-electron chi connectivity index (χ2n) is 9.56. The summed E-state index contributed by atoms with van der Waals surface area (Å²) < 4.78 is 57.6. The second-order valence-corrected chi connectivity index (χ2v) is 9.56. The van der Waals surface area contributed by atoms with Gasteiger partial charge in [-0.2, -0.15) is 13.2 Å². The standard InChI is InChI=1S/C26H27F4N5O3/c1-14-11-35(12-15(2)34(14)4)22-9-20(27)17(16-5-6-24(37)33(3)13-16)7-21(22)32-25(38)18-10-31-23(36)8-19(18)26(28,29)30/h5-10,13-15H,11-12H2,1-4H3,(H,31,36)(H,32,38). The first kappa shape index (κ1) is 27.1. The summed E-state index contributed by atoms with van der Waals surface area (Å²) in [5.41, 5.74) is -2.71. The van der Waals surface area contributed by atoms with Gasteiger partial charge in [-0.1, -0.05) is 0 Å². The van der Waals surface area contributed by atoms with Crippen LogP contribution in [-0.4, -0.2) is 52.6 Å². The quantitative estimate of drug-likeness (QED) is 0.500. The number of alkyl halides is 3. The van der Waals surface area contributed by atoms with Crippen molar-refractivity contribution in [2.45, 2.75) is 32.1 Å². The van der Waals surface area contributed by atoms with Crippen molar-refractivity contribution < 1.29 is 22.4 Å². The van der Waals surface area contributed by atoms with Crippen LogP contribution in [0.1, 0.15) is 29.8 Å². The highest BCUT2D eigenvalue weighted by Gasteiger charge is 2.36. The van der Waals surface area contributed by atoms with Crippen LogP contribution in [0.4, 0.5) is 28.9 Å². The van der Waals surface area contributed by atoms with E-state index < -0.39 is 34.6 Å². The predicted octanol–water partition coefficient (Wildman–Crippen LogP) is 3.68. The smallest absolute Gasteiger partial charge is 0.367 e. The first-order valence-electron chi connectivity index (χ1n) is 11.8. The predicted molar refractivity (Wildman–Crippen MR) is 136 cm³/mol. The molecule has 2 unspecified atom stereocenters. The number of rotatable bonds is 4. The molecule has 2 aromatic heterocycles. The minimum Gasteiger partial charge on any atom is -0.367 e. The van der Waals surface area contributed by atoms with Crippen LogP contribution in [0.3, 0.4) is 0 Å². The van der Waals surface area contributed by atoms with Crippen LogP contribution in [0, 0.1) is 5.82 Å². The number of likely N-dealkylation sites (N-methyl/N-ethyl adjacent to an activating group) is 1. The van der Waals surface area contributed by atoms with Crippen LogP contribution in [0.15, 0.2) is 52.3 Å². The molecule has 1 aromatic carbocycles. The Morgan fingerprint density at radius 2 is 1.71 bits per heavy atom. The fraction of sp³-hybridized carbons (Fsp3) is 0.346. The molecule has 0 aliphatic carbocycles. The van der Waals surface area contributed by atoms with E-state index in [1.54, 1.807) is 0 Å². The van der Waals surface area contributed by atoms with Gasteiger partial charge in [0.15, 0.2) is 0 Å². The zero-order valence-electron chi connectivity index (χ0n) is 21.2. The number of nitrogens with zero attached hydrogens (tertiary/aromatic N) is 3. The minimum absolute atomic E-state index is 0.0485. The molecule has 3 aromatic rings. The third kappa shape index (κ3) is 5.35. The summed E-state index contributed by atoms with van der Waals surface area (Å²) >= 11 is 0. The molecule has 1 aliphatic heterocycles. The largest absolute Gasteiger partial charge is 0.417 e. The van der Waals surface area contributed by atoms with Crippen molar-refractivity contribution in [2.24, 2.45) is 7.05 Å². The first-order valence-corrected chi connectivity index (χ1v) is 11.8. The zero-order valence-corrected chi connectivity index (χ0v) is 21.2. The van der Waals surface area contributed by atoms with E-state index in [0.29, 0.717) is 36.6 Å². The van der Waals surface area contributed by atoms with Crippen molar-refractivity contribution in [3.63, 3.8) is 0 Å². The lowest BCUT2D eigenvalue weighted by molar-refractivity contribution is -0.138. The van der Waals surface area contributed by atoms with E-state index in [4.69, 9.17) is 0 Å². The van der Waals surface area contributed by atoms with Crippen molar-refractivity contribution in [3.8, 4) is 11.1 Å². The number of halogens is 4. The molecule has 1 aliphatic rings. The van der Waals surface area contributed by atoms with Crippen LogP contribution in [0.2, 0.25) is 0 Å². The molecular formula is C26H27F4N5O3. The number of piperazine rings is 1. The van der Waals surface area contributed by atoms with Crippen molar-refractivity contribution in [1.82, 2.24) is 14.5 Å². The van der Waals surface area contributed by atoms with Crippen LogP contribution >= 0.6 is 0 Å². The van der Waals surface area contributed by atoms with E-state index in [1.165, 1.54) is 42.1 Å². The van der Waals surface area contributed by atoms with Crippen molar-refractivity contribution >= 4 is 17.3 Å². The van der Waals surface area contributed by atoms with Gasteiger partial charge in [-0.25, -0.2) is 4.39 Å². The number of aromatic nitrogens is 2. The topological polar surface area (TPSA) is 90.4 Å². The molecule has 202 valence electrons. The highest BCUT2D eigenvalue weighted by molar-refractivity contribution is 6.07. The monoisotopic (exact) mass is 533 g/mol. The highest BCUT2D eigenvalue weighted by Crippen LogP contribution is 2.37. The van der Waals surface area contributed by atoms with E-state index in [0.717, 1.165) is 0 Å².